The second-order valence-electron chi connectivity index (χ2n) is 4.27. The Morgan fingerprint density at radius 1 is 1.44 bits per heavy atom. The molecule has 0 aliphatic rings. The van der Waals surface area contributed by atoms with Crippen LogP contribution in [0.1, 0.15) is 30.3 Å². The van der Waals surface area contributed by atoms with Crippen LogP contribution in [0.3, 0.4) is 0 Å². The summed E-state index contributed by atoms with van der Waals surface area (Å²) in [5.41, 5.74) is 0.320. The van der Waals surface area contributed by atoms with Crippen molar-refractivity contribution in [2.45, 2.75) is 25.8 Å². The number of carbonyl (C=O) groups is 1. The first kappa shape index (κ1) is 14.4. The van der Waals surface area contributed by atoms with Gasteiger partial charge in [-0.25, -0.2) is 0 Å². The van der Waals surface area contributed by atoms with Crippen LogP contribution in [-0.4, -0.2) is 52.9 Å². The number of rotatable bonds is 6. The predicted molar refractivity (Wildman–Crippen MR) is 69.5 cm³/mol. The highest BCUT2D eigenvalue weighted by Gasteiger charge is 2.11. The van der Waals surface area contributed by atoms with E-state index in [9.17, 15) is 4.79 Å². The molecule has 1 amide bonds. The van der Waals surface area contributed by atoms with Crippen molar-refractivity contribution in [3.63, 3.8) is 0 Å². The molecule has 1 aromatic rings. The molecular formula is C12H20N4O2. The second kappa shape index (κ2) is 6.90. The minimum Gasteiger partial charge on any atom is -0.396 e. The van der Waals surface area contributed by atoms with Crippen molar-refractivity contribution >= 4 is 11.7 Å². The van der Waals surface area contributed by atoms with Crippen molar-refractivity contribution in [3.05, 3.63) is 17.8 Å². The minimum absolute atomic E-state index is 0.135. The molecule has 1 unspecified atom stereocenters. The Bertz CT molecular complexity index is 378. The second-order valence-corrected chi connectivity index (χ2v) is 4.27. The summed E-state index contributed by atoms with van der Waals surface area (Å²) in [6, 6.07) is 3.53. The normalized spacial score (nSPS) is 12.0. The van der Waals surface area contributed by atoms with Gasteiger partial charge >= 0.3 is 0 Å². The number of aliphatic hydroxyl groups excluding tert-OH is 1. The molecule has 6 heteroatoms. The summed E-state index contributed by atoms with van der Waals surface area (Å²) in [6.07, 6.45) is 1.55. The molecule has 1 aromatic heterocycles. The summed E-state index contributed by atoms with van der Waals surface area (Å²) >= 11 is 0. The van der Waals surface area contributed by atoms with E-state index in [0.29, 0.717) is 17.9 Å². The maximum Gasteiger partial charge on any atom is 0.273 e. The lowest BCUT2D eigenvalue weighted by atomic mass is 10.1. The highest BCUT2D eigenvalue weighted by atomic mass is 16.3. The van der Waals surface area contributed by atoms with E-state index < -0.39 is 0 Å². The molecule has 6 nitrogen and oxygen atoms in total. The van der Waals surface area contributed by atoms with Gasteiger partial charge in [-0.3, -0.25) is 4.79 Å². The molecular weight excluding hydrogens is 232 g/mol. The molecule has 0 fully saturated rings. The van der Waals surface area contributed by atoms with Gasteiger partial charge in [-0.1, -0.05) is 6.92 Å². The van der Waals surface area contributed by atoms with Crippen molar-refractivity contribution in [2.75, 3.05) is 26.0 Å². The van der Waals surface area contributed by atoms with E-state index >= 15 is 0 Å². The summed E-state index contributed by atoms with van der Waals surface area (Å²) in [7, 11) is 3.34. The summed E-state index contributed by atoms with van der Waals surface area (Å²) < 4.78 is 0. The lowest BCUT2D eigenvalue weighted by Crippen LogP contribution is -2.24. The fourth-order valence-corrected chi connectivity index (χ4v) is 1.50. The maximum atomic E-state index is 11.6. The third-order valence-corrected chi connectivity index (χ3v) is 2.61. The Hall–Kier alpha value is -1.69. The Kier molecular flexibility index (Phi) is 5.51. The van der Waals surface area contributed by atoms with Gasteiger partial charge in [0.05, 0.1) is 0 Å². The van der Waals surface area contributed by atoms with Crippen LogP contribution in [0, 0.1) is 0 Å². The number of nitrogens with zero attached hydrogens (tertiary/aromatic N) is 3. The van der Waals surface area contributed by atoms with Gasteiger partial charge in [0.25, 0.3) is 5.91 Å². The molecule has 0 radical (unpaired) electrons. The first-order valence-corrected chi connectivity index (χ1v) is 6.01. The van der Waals surface area contributed by atoms with Crippen LogP contribution in [0.15, 0.2) is 12.1 Å². The number of hydrogen-bond acceptors (Lipinski definition) is 5. The van der Waals surface area contributed by atoms with Crippen LogP contribution in [-0.2, 0) is 0 Å². The molecule has 1 rings (SSSR count). The van der Waals surface area contributed by atoms with E-state index in [-0.39, 0.29) is 18.6 Å². The molecule has 2 N–H and O–H groups in total. The quantitative estimate of drug-likeness (QED) is 0.781. The number of anilines is 1. The number of carbonyl (C=O) groups excluding carboxylic acids is 1. The van der Waals surface area contributed by atoms with Crippen LogP contribution in [0.2, 0.25) is 0 Å². The third kappa shape index (κ3) is 3.96. The molecule has 100 valence electrons. The summed E-state index contributed by atoms with van der Waals surface area (Å²) in [4.78, 5) is 13.1. The number of aromatic nitrogens is 2. The standard InChI is InChI=1S/C12H20N4O2/c1-4-9(7-8-17)13-11-6-5-10(14-15-11)12(18)16(2)3/h5-6,9,17H,4,7-8H2,1-3H3,(H,13,15). The molecule has 1 atom stereocenters. The zero-order valence-corrected chi connectivity index (χ0v) is 11.1. The van der Waals surface area contributed by atoms with E-state index in [0.717, 1.165) is 6.42 Å². The molecule has 0 spiro atoms. The van der Waals surface area contributed by atoms with Gasteiger partial charge < -0.3 is 15.3 Å². The largest absolute Gasteiger partial charge is 0.396 e. The van der Waals surface area contributed by atoms with Crippen molar-refractivity contribution in [1.82, 2.24) is 15.1 Å². The van der Waals surface area contributed by atoms with E-state index in [4.69, 9.17) is 5.11 Å². The zero-order chi connectivity index (χ0) is 13.5. The number of nitrogens with one attached hydrogen (secondary N) is 1. The highest BCUT2D eigenvalue weighted by molar-refractivity contribution is 5.91. The molecule has 0 saturated carbocycles. The molecule has 0 aromatic carbocycles. The summed E-state index contributed by atoms with van der Waals surface area (Å²) in [5, 5.41) is 19.9. The van der Waals surface area contributed by atoms with E-state index in [1.165, 1.54) is 4.90 Å². The SMILES string of the molecule is CCC(CCO)Nc1ccc(C(=O)N(C)C)nn1. The lowest BCUT2D eigenvalue weighted by molar-refractivity contribution is 0.0821. The van der Waals surface area contributed by atoms with Gasteiger partial charge in [-0.2, -0.15) is 0 Å². The van der Waals surface area contributed by atoms with E-state index in [1.54, 1.807) is 26.2 Å². The predicted octanol–water partition coefficient (Wildman–Crippen LogP) is 0.751. The van der Waals surface area contributed by atoms with Crippen molar-refractivity contribution in [2.24, 2.45) is 0 Å². The molecule has 18 heavy (non-hydrogen) atoms. The first-order chi connectivity index (χ1) is 8.58. The average molecular weight is 252 g/mol. The lowest BCUT2D eigenvalue weighted by Gasteiger charge is -2.16. The Morgan fingerprint density at radius 2 is 2.17 bits per heavy atom. The van der Waals surface area contributed by atoms with Gasteiger partial charge in [-0.15, -0.1) is 10.2 Å². The maximum absolute atomic E-state index is 11.6. The first-order valence-electron chi connectivity index (χ1n) is 6.01. The molecule has 0 aliphatic heterocycles. The number of hydrogen-bond donors (Lipinski definition) is 2. The Balaban J connectivity index is 2.68. The van der Waals surface area contributed by atoms with Gasteiger partial charge in [0.1, 0.15) is 5.82 Å². The zero-order valence-electron chi connectivity index (χ0n) is 11.1. The Labute approximate surface area is 107 Å². The molecule has 0 bridgehead atoms. The smallest absolute Gasteiger partial charge is 0.273 e. The topological polar surface area (TPSA) is 78.4 Å². The van der Waals surface area contributed by atoms with E-state index in [1.807, 2.05) is 6.92 Å². The van der Waals surface area contributed by atoms with Crippen LogP contribution >= 0.6 is 0 Å². The summed E-state index contributed by atoms with van der Waals surface area (Å²) in [5.74, 6) is 0.446. The van der Waals surface area contributed by atoms with Crippen LogP contribution in [0.4, 0.5) is 5.82 Å². The number of aliphatic hydroxyl groups is 1. The van der Waals surface area contributed by atoms with Crippen molar-refractivity contribution < 1.29 is 9.90 Å². The van der Waals surface area contributed by atoms with Gasteiger partial charge in [0.2, 0.25) is 0 Å². The van der Waals surface area contributed by atoms with Gasteiger partial charge in [0.15, 0.2) is 5.69 Å². The van der Waals surface area contributed by atoms with Crippen LogP contribution in [0.25, 0.3) is 0 Å². The molecule has 0 aliphatic carbocycles. The third-order valence-electron chi connectivity index (χ3n) is 2.61. The monoisotopic (exact) mass is 252 g/mol. The Morgan fingerprint density at radius 3 is 2.61 bits per heavy atom. The average Bonchev–Trinajstić information content (AvgIpc) is 2.38. The van der Waals surface area contributed by atoms with Crippen LogP contribution in [0.5, 0.6) is 0 Å². The van der Waals surface area contributed by atoms with Gasteiger partial charge in [0, 0.05) is 26.7 Å². The minimum atomic E-state index is -0.170. The number of amides is 1. The molecule has 0 saturated heterocycles. The van der Waals surface area contributed by atoms with Gasteiger partial charge in [-0.05, 0) is 25.0 Å². The fraction of sp³-hybridized carbons (Fsp3) is 0.583. The summed E-state index contributed by atoms with van der Waals surface area (Å²) in [6.45, 7) is 2.17. The van der Waals surface area contributed by atoms with Crippen molar-refractivity contribution in [1.29, 1.82) is 0 Å². The van der Waals surface area contributed by atoms with Crippen molar-refractivity contribution in [3.8, 4) is 0 Å². The molecule has 1 heterocycles. The fourth-order valence-electron chi connectivity index (χ4n) is 1.50. The van der Waals surface area contributed by atoms with Crippen LogP contribution < -0.4 is 5.32 Å². The highest BCUT2D eigenvalue weighted by Crippen LogP contribution is 2.08. The van der Waals surface area contributed by atoms with E-state index in [2.05, 4.69) is 15.5 Å².